The smallest absolute Gasteiger partial charge is 0.0865 e. The summed E-state index contributed by atoms with van der Waals surface area (Å²) in [5.41, 5.74) is 1.16. The van der Waals surface area contributed by atoms with Gasteiger partial charge in [-0.1, -0.05) is 19.8 Å². The van der Waals surface area contributed by atoms with Crippen LogP contribution in [0.1, 0.15) is 31.9 Å². The zero-order valence-corrected chi connectivity index (χ0v) is 7.68. The van der Waals surface area contributed by atoms with E-state index in [1.165, 1.54) is 19.3 Å². The molecule has 1 aromatic rings. The number of nitrogens with one attached hydrogen (secondary N) is 1. The number of unbranched alkanes of at least 4 members (excludes halogenated alkanes) is 2. The van der Waals surface area contributed by atoms with Crippen LogP contribution >= 0.6 is 0 Å². The first-order chi connectivity index (χ1) is 5.93. The van der Waals surface area contributed by atoms with Gasteiger partial charge in [0.1, 0.15) is 0 Å². The number of aromatic amines is 1. The first-order valence-corrected chi connectivity index (χ1v) is 4.63. The fraction of sp³-hybridized carbons (Fsp3) is 0.600. The molecule has 0 bridgehead atoms. The van der Waals surface area contributed by atoms with Crippen LogP contribution in [0.4, 0.5) is 0 Å². The molecule has 1 heterocycles. The molecule has 0 atom stereocenters. The number of aromatic nitrogens is 1. The molecule has 0 saturated heterocycles. The molecule has 0 amide bonds. The van der Waals surface area contributed by atoms with E-state index in [2.05, 4.69) is 11.9 Å². The number of ether oxygens (including phenoxy) is 1. The molecule has 1 rings (SSSR count). The van der Waals surface area contributed by atoms with Crippen LogP contribution in [0.2, 0.25) is 0 Å². The molecular formula is C10H17NO. The molecule has 0 saturated carbocycles. The summed E-state index contributed by atoms with van der Waals surface area (Å²) in [6, 6.07) is 4.03. The zero-order chi connectivity index (χ0) is 8.65. The van der Waals surface area contributed by atoms with E-state index in [1.807, 2.05) is 18.3 Å². The maximum atomic E-state index is 5.45. The van der Waals surface area contributed by atoms with Crippen molar-refractivity contribution in [2.24, 2.45) is 0 Å². The molecule has 0 radical (unpaired) electrons. The van der Waals surface area contributed by atoms with Gasteiger partial charge in [-0.2, -0.15) is 0 Å². The van der Waals surface area contributed by atoms with Gasteiger partial charge in [0.15, 0.2) is 0 Å². The van der Waals surface area contributed by atoms with Crippen molar-refractivity contribution in [1.29, 1.82) is 0 Å². The summed E-state index contributed by atoms with van der Waals surface area (Å²) in [5.74, 6) is 0. The Kier molecular flexibility index (Phi) is 4.54. The predicted molar refractivity (Wildman–Crippen MR) is 50.0 cm³/mol. The van der Waals surface area contributed by atoms with Gasteiger partial charge in [-0.05, 0) is 18.6 Å². The van der Waals surface area contributed by atoms with Gasteiger partial charge in [-0.3, -0.25) is 0 Å². The topological polar surface area (TPSA) is 25.0 Å². The second kappa shape index (κ2) is 5.84. The van der Waals surface area contributed by atoms with E-state index < -0.39 is 0 Å². The molecule has 0 aliphatic heterocycles. The average Bonchev–Trinajstić information content (AvgIpc) is 2.57. The Morgan fingerprint density at radius 1 is 1.42 bits per heavy atom. The highest BCUT2D eigenvalue weighted by molar-refractivity contribution is 5.01. The highest BCUT2D eigenvalue weighted by Gasteiger charge is 1.91. The lowest BCUT2D eigenvalue weighted by molar-refractivity contribution is 0.115. The van der Waals surface area contributed by atoms with E-state index in [1.54, 1.807) is 0 Å². The van der Waals surface area contributed by atoms with Crippen LogP contribution in [-0.2, 0) is 11.3 Å². The van der Waals surface area contributed by atoms with Crippen molar-refractivity contribution in [3.63, 3.8) is 0 Å². The van der Waals surface area contributed by atoms with Crippen molar-refractivity contribution < 1.29 is 4.74 Å². The largest absolute Gasteiger partial charge is 0.375 e. The van der Waals surface area contributed by atoms with Gasteiger partial charge in [0.05, 0.1) is 6.61 Å². The van der Waals surface area contributed by atoms with Crippen LogP contribution in [0.5, 0.6) is 0 Å². The number of H-pyrrole nitrogens is 1. The van der Waals surface area contributed by atoms with E-state index in [0.29, 0.717) is 0 Å². The fourth-order valence-electron chi connectivity index (χ4n) is 1.09. The Bertz CT molecular complexity index is 182. The number of rotatable bonds is 6. The Balaban J connectivity index is 1.96. The SMILES string of the molecule is CCCCCOCc1ccc[nH]1. The molecule has 2 nitrogen and oxygen atoms in total. The van der Waals surface area contributed by atoms with Crippen molar-refractivity contribution in [2.75, 3.05) is 6.61 Å². The molecule has 0 spiro atoms. The van der Waals surface area contributed by atoms with E-state index in [9.17, 15) is 0 Å². The first kappa shape index (κ1) is 9.33. The minimum atomic E-state index is 0.719. The summed E-state index contributed by atoms with van der Waals surface area (Å²) >= 11 is 0. The van der Waals surface area contributed by atoms with E-state index in [-0.39, 0.29) is 0 Å². The minimum Gasteiger partial charge on any atom is -0.375 e. The molecule has 0 unspecified atom stereocenters. The summed E-state index contributed by atoms with van der Waals surface area (Å²) in [5, 5.41) is 0. The normalized spacial score (nSPS) is 10.4. The molecular weight excluding hydrogens is 150 g/mol. The fourth-order valence-corrected chi connectivity index (χ4v) is 1.09. The summed E-state index contributed by atoms with van der Waals surface area (Å²) in [4.78, 5) is 3.10. The molecule has 0 aliphatic rings. The first-order valence-electron chi connectivity index (χ1n) is 4.63. The van der Waals surface area contributed by atoms with Gasteiger partial charge in [-0.25, -0.2) is 0 Å². The van der Waals surface area contributed by atoms with Crippen molar-refractivity contribution >= 4 is 0 Å². The highest BCUT2D eigenvalue weighted by Crippen LogP contribution is 1.99. The lowest BCUT2D eigenvalue weighted by Crippen LogP contribution is -1.95. The van der Waals surface area contributed by atoms with Crippen LogP contribution in [0.15, 0.2) is 18.3 Å². The summed E-state index contributed by atoms with van der Waals surface area (Å²) in [6.07, 6.45) is 5.62. The van der Waals surface area contributed by atoms with Crippen LogP contribution in [-0.4, -0.2) is 11.6 Å². The van der Waals surface area contributed by atoms with E-state index in [4.69, 9.17) is 4.74 Å². The third-order valence-corrected chi connectivity index (χ3v) is 1.81. The van der Waals surface area contributed by atoms with Gasteiger partial charge >= 0.3 is 0 Å². The van der Waals surface area contributed by atoms with Crippen molar-refractivity contribution in [3.05, 3.63) is 24.0 Å². The van der Waals surface area contributed by atoms with E-state index in [0.717, 1.165) is 18.9 Å². The van der Waals surface area contributed by atoms with Gasteiger partial charge in [0.2, 0.25) is 0 Å². The van der Waals surface area contributed by atoms with Gasteiger partial charge in [-0.15, -0.1) is 0 Å². The second-order valence-corrected chi connectivity index (χ2v) is 2.96. The van der Waals surface area contributed by atoms with Crippen molar-refractivity contribution in [3.8, 4) is 0 Å². The number of hydrogen-bond acceptors (Lipinski definition) is 1. The summed E-state index contributed by atoms with van der Waals surface area (Å²) in [6.45, 7) is 3.80. The van der Waals surface area contributed by atoms with E-state index >= 15 is 0 Å². The van der Waals surface area contributed by atoms with Gasteiger partial charge < -0.3 is 9.72 Å². The standard InChI is InChI=1S/C10H17NO/c1-2-3-4-8-12-9-10-6-5-7-11-10/h5-7,11H,2-4,8-9H2,1H3. The molecule has 0 aromatic carbocycles. The molecule has 12 heavy (non-hydrogen) atoms. The Morgan fingerprint density at radius 3 is 3.00 bits per heavy atom. The molecule has 2 heteroatoms. The minimum absolute atomic E-state index is 0.719. The molecule has 68 valence electrons. The third-order valence-electron chi connectivity index (χ3n) is 1.81. The maximum absolute atomic E-state index is 5.45. The lowest BCUT2D eigenvalue weighted by atomic mass is 10.3. The Morgan fingerprint density at radius 2 is 2.33 bits per heavy atom. The molecule has 0 aliphatic carbocycles. The lowest BCUT2D eigenvalue weighted by Gasteiger charge is -2.00. The number of hydrogen-bond donors (Lipinski definition) is 1. The van der Waals surface area contributed by atoms with Gasteiger partial charge in [0.25, 0.3) is 0 Å². The van der Waals surface area contributed by atoms with Crippen LogP contribution in [0.25, 0.3) is 0 Å². The second-order valence-electron chi connectivity index (χ2n) is 2.96. The summed E-state index contributed by atoms with van der Waals surface area (Å²) in [7, 11) is 0. The molecule has 0 fully saturated rings. The van der Waals surface area contributed by atoms with Crippen LogP contribution in [0.3, 0.4) is 0 Å². The third kappa shape index (κ3) is 3.58. The Labute approximate surface area is 73.9 Å². The van der Waals surface area contributed by atoms with Crippen LogP contribution in [0, 0.1) is 0 Å². The zero-order valence-electron chi connectivity index (χ0n) is 7.68. The summed E-state index contributed by atoms with van der Waals surface area (Å²) < 4.78 is 5.45. The average molecular weight is 167 g/mol. The molecule has 1 aromatic heterocycles. The quantitative estimate of drug-likeness (QED) is 0.647. The van der Waals surface area contributed by atoms with Crippen molar-refractivity contribution in [2.45, 2.75) is 32.8 Å². The van der Waals surface area contributed by atoms with Crippen LogP contribution < -0.4 is 0 Å². The van der Waals surface area contributed by atoms with Crippen molar-refractivity contribution in [1.82, 2.24) is 4.98 Å². The monoisotopic (exact) mass is 167 g/mol. The Hall–Kier alpha value is -0.760. The van der Waals surface area contributed by atoms with Gasteiger partial charge in [0, 0.05) is 18.5 Å². The maximum Gasteiger partial charge on any atom is 0.0865 e. The highest BCUT2D eigenvalue weighted by atomic mass is 16.5. The predicted octanol–water partition coefficient (Wildman–Crippen LogP) is 2.72. The molecule has 1 N–H and O–H groups in total.